The number of amides is 2. The predicted molar refractivity (Wildman–Crippen MR) is 129 cm³/mol. The molecule has 4 nitrogen and oxygen atoms in total. The van der Waals surface area contributed by atoms with E-state index in [1.807, 2.05) is 50.2 Å². The zero-order valence-corrected chi connectivity index (χ0v) is 19.5. The van der Waals surface area contributed by atoms with Crippen LogP contribution in [-0.4, -0.2) is 34.6 Å². The number of carbonyl (C=O) groups excluding carboxylic acids is 2. The van der Waals surface area contributed by atoms with Gasteiger partial charge in [-0.2, -0.15) is 0 Å². The molecule has 1 saturated carbocycles. The van der Waals surface area contributed by atoms with Gasteiger partial charge in [0.2, 0.25) is 11.8 Å². The Morgan fingerprint density at radius 3 is 2.45 bits per heavy atom. The molecule has 0 aromatic heterocycles. The lowest BCUT2D eigenvalue weighted by Gasteiger charge is -2.31. The van der Waals surface area contributed by atoms with Gasteiger partial charge in [0.15, 0.2) is 0 Å². The Morgan fingerprint density at radius 1 is 1.03 bits per heavy atom. The first kappa shape index (κ1) is 23.4. The van der Waals surface area contributed by atoms with E-state index in [-0.39, 0.29) is 17.9 Å². The first-order valence-corrected chi connectivity index (χ1v) is 12.5. The van der Waals surface area contributed by atoms with E-state index in [1.54, 1.807) is 16.7 Å². The number of thioether (sulfide) groups is 1. The van der Waals surface area contributed by atoms with Gasteiger partial charge in [-0.25, -0.2) is 0 Å². The van der Waals surface area contributed by atoms with Crippen molar-refractivity contribution >= 4 is 23.6 Å². The Labute approximate surface area is 190 Å². The lowest BCUT2D eigenvalue weighted by Crippen LogP contribution is -2.50. The summed E-state index contributed by atoms with van der Waals surface area (Å²) in [5.74, 6) is 1.12. The molecule has 2 aromatic carbocycles. The average molecular weight is 439 g/mol. The molecule has 1 aliphatic carbocycles. The maximum absolute atomic E-state index is 13.2. The lowest BCUT2D eigenvalue weighted by molar-refractivity contribution is -0.139. The van der Waals surface area contributed by atoms with E-state index in [0.29, 0.717) is 12.3 Å². The van der Waals surface area contributed by atoms with Crippen molar-refractivity contribution in [1.29, 1.82) is 0 Å². The molecule has 0 bridgehead atoms. The Kier molecular flexibility index (Phi) is 9.01. The smallest absolute Gasteiger partial charge is 0.242 e. The van der Waals surface area contributed by atoms with Crippen LogP contribution in [-0.2, 0) is 21.9 Å². The highest BCUT2D eigenvalue weighted by molar-refractivity contribution is 7.99. The molecule has 166 valence electrons. The summed E-state index contributed by atoms with van der Waals surface area (Å²) in [5, 5.41) is 3.19. The van der Waals surface area contributed by atoms with E-state index in [9.17, 15) is 9.59 Å². The molecule has 1 atom stereocenters. The van der Waals surface area contributed by atoms with Crippen LogP contribution in [0.1, 0.15) is 55.7 Å². The number of aryl methyl sites for hydroxylation is 1. The third kappa shape index (κ3) is 7.42. The van der Waals surface area contributed by atoms with E-state index < -0.39 is 6.04 Å². The first-order chi connectivity index (χ1) is 15.0. The van der Waals surface area contributed by atoms with Crippen molar-refractivity contribution in [2.45, 2.75) is 70.3 Å². The van der Waals surface area contributed by atoms with Gasteiger partial charge in [-0.15, -0.1) is 11.8 Å². The number of carbonyl (C=O) groups is 2. The molecule has 5 heteroatoms. The van der Waals surface area contributed by atoms with Gasteiger partial charge in [-0.3, -0.25) is 9.59 Å². The largest absolute Gasteiger partial charge is 0.352 e. The molecule has 3 rings (SSSR count). The van der Waals surface area contributed by atoms with Crippen molar-refractivity contribution < 1.29 is 9.59 Å². The van der Waals surface area contributed by atoms with E-state index in [4.69, 9.17) is 0 Å². The summed E-state index contributed by atoms with van der Waals surface area (Å²) in [5.41, 5.74) is 3.41. The second kappa shape index (κ2) is 11.9. The van der Waals surface area contributed by atoms with Gasteiger partial charge in [0.25, 0.3) is 0 Å². The van der Waals surface area contributed by atoms with Crippen LogP contribution >= 0.6 is 11.8 Å². The van der Waals surface area contributed by atoms with Crippen LogP contribution in [0.2, 0.25) is 0 Å². The molecule has 0 unspecified atom stereocenters. The summed E-state index contributed by atoms with van der Waals surface area (Å²) < 4.78 is 0. The minimum atomic E-state index is -0.493. The van der Waals surface area contributed by atoms with Crippen LogP contribution in [0.25, 0.3) is 0 Å². The van der Waals surface area contributed by atoms with Crippen molar-refractivity contribution in [3.05, 3.63) is 71.3 Å². The molecule has 2 amide bonds. The van der Waals surface area contributed by atoms with Crippen molar-refractivity contribution in [3.8, 4) is 0 Å². The number of hydrogen-bond acceptors (Lipinski definition) is 3. The van der Waals surface area contributed by atoms with Gasteiger partial charge < -0.3 is 10.2 Å². The molecule has 0 saturated heterocycles. The SMILES string of the molecule is Cc1cccc(CN(C(=O)CSCc2ccccc2)[C@@H](C)C(=O)NC2CCCCC2)c1. The van der Waals surface area contributed by atoms with Gasteiger partial charge in [-0.1, -0.05) is 79.4 Å². The van der Waals surface area contributed by atoms with Gasteiger partial charge in [0.1, 0.15) is 6.04 Å². The van der Waals surface area contributed by atoms with E-state index in [2.05, 4.69) is 23.5 Å². The van der Waals surface area contributed by atoms with Crippen molar-refractivity contribution in [2.24, 2.45) is 0 Å². The van der Waals surface area contributed by atoms with E-state index in [0.717, 1.165) is 29.7 Å². The standard InChI is InChI=1S/C26H34N2O2S/c1-20-10-9-13-23(16-20)17-28(21(2)26(30)27-24-14-7-4-8-15-24)25(29)19-31-18-22-11-5-3-6-12-22/h3,5-6,9-13,16,21,24H,4,7-8,14-15,17-19H2,1-2H3,(H,27,30)/t21-/m0/s1. The molecular weight excluding hydrogens is 404 g/mol. The van der Waals surface area contributed by atoms with Gasteiger partial charge in [-0.05, 0) is 37.8 Å². The third-order valence-corrected chi connectivity index (χ3v) is 6.88. The number of rotatable bonds is 9. The maximum Gasteiger partial charge on any atom is 0.242 e. The fourth-order valence-corrected chi connectivity index (χ4v) is 4.94. The zero-order valence-electron chi connectivity index (χ0n) is 18.7. The molecule has 0 heterocycles. The Morgan fingerprint density at radius 2 is 1.74 bits per heavy atom. The van der Waals surface area contributed by atoms with Gasteiger partial charge >= 0.3 is 0 Å². The molecule has 1 fully saturated rings. The highest BCUT2D eigenvalue weighted by Crippen LogP contribution is 2.19. The predicted octanol–water partition coefficient (Wildman–Crippen LogP) is 5.09. The number of nitrogens with zero attached hydrogens (tertiary/aromatic N) is 1. The quantitative estimate of drug-likeness (QED) is 0.593. The van der Waals surface area contributed by atoms with E-state index in [1.165, 1.54) is 24.8 Å². The number of hydrogen-bond donors (Lipinski definition) is 1. The van der Waals surface area contributed by atoms with Crippen LogP contribution < -0.4 is 5.32 Å². The van der Waals surface area contributed by atoms with Crippen LogP contribution in [0.5, 0.6) is 0 Å². The molecular formula is C26H34N2O2S. The summed E-state index contributed by atoms with van der Waals surface area (Å²) in [7, 11) is 0. The van der Waals surface area contributed by atoms with Crippen LogP contribution in [0.3, 0.4) is 0 Å². The fraction of sp³-hybridized carbons (Fsp3) is 0.462. The average Bonchev–Trinajstić information content (AvgIpc) is 2.78. The Hall–Kier alpha value is -2.27. The van der Waals surface area contributed by atoms with Crippen molar-refractivity contribution in [1.82, 2.24) is 10.2 Å². The topological polar surface area (TPSA) is 49.4 Å². The first-order valence-electron chi connectivity index (χ1n) is 11.3. The summed E-state index contributed by atoms with van der Waals surface area (Å²) in [6.45, 7) is 4.35. The molecule has 2 aromatic rings. The highest BCUT2D eigenvalue weighted by Gasteiger charge is 2.28. The molecule has 0 aliphatic heterocycles. The van der Waals surface area contributed by atoms with Crippen molar-refractivity contribution in [2.75, 3.05) is 5.75 Å². The second-order valence-corrected chi connectivity index (χ2v) is 9.49. The van der Waals surface area contributed by atoms with Crippen molar-refractivity contribution in [3.63, 3.8) is 0 Å². The summed E-state index contributed by atoms with van der Waals surface area (Å²) in [4.78, 5) is 27.9. The summed E-state index contributed by atoms with van der Waals surface area (Å²) in [6.07, 6.45) is 5.66. The second-order valence-electron chi connectivity index (χ2n) is 8.51. The van der Waals surface area contributed by atoms with Gasteiger partial charge in [0, 0.05) is 18.3 Å². The molecule has 1 N–H and O–H groups in total. The number of nitrogens with one attached hydrogen (secondary N) is 1. The normalized spacial score (nSPS) is 15.3. The van der Waals surface area contributed by atoms with E-state index >= 15 is 0 Å². The fourth-order valence-electron chi connectivity index (χ4n) is 4.07. The Bertz CT molecular complexity index is 849. The summed E-state index contributed by atoms with van der Waals surface area (Å²) in [6, 6.07) is 18.1. The molecule has 1 aliphatic rings. The van der Waals surface area contributed by atoms with Crippen LogP contribution in [0.4, 0.5) is 0 Å². The van der Waals surface area contributed by atoms with Gasteiger partial charge in [0.05, 0.1) is 5.75 Å². The van der Waals surface area contributed by atoms with Crippen LogP contribution in [0, 0.1) is 6.92 Å². The summed E-state index contributed by atoms with van der Waals surface area (Å²) >= 11 is 1.60. The monoisotopic (exact) mass is 438 g/mol. The molecule has 0 radical (unpaired) electrons. The number of benzene rings is 2. The molecule has 0 spiro atoms. The zero-order chi connectivity index (χ0) is 22.1. The molecule has 31 heavy (non-hydrogen) atoms. The Balaban J connectivity index is 1.65. The maximum atomic E-state index is 13.2. The minimum absolute atomic E-state index is 0.00808. The lowest BCUT2D eigenvalue weighted by atomic mass is 9.95. The van der Waals surface area contributed by atoms with Crippen LogP contribution in [0.15, 0.2) is 54.6 Å². The third-order valence-electron chi connectivity index (χ3n) is 5.89. The highest BCUT2D eigenvalue weighted by atomic mass is 32.2. The minimum Gasteiger partial charge on any atom is -0.352 e.